The molecule has 0 bridgehead atoms. The van der Waals surface area contributed by atoms with Crippen LogP contribution in [0.1, 0.15) is 21.6 Å². The van der Waals surface area contributed by atoms with E-state index in [4.69, 9.17) is 0 Å². The Kier molecular flexibility index (Phi) is 4.59. The maximum Gasteiger partial charge on any atom is 0.215 e. The van der Waals surface area contributed by atoms with E-state index in [0.717, 1.165) is 28.0 Å². The number of aryl methyl sites for hydroxylation is 1. The molecule has 0 fully saturated rings. The first-order valence-electron chi connectivity index (χ1n) is 7.13. The molecule has 2 aromatic carbocycles. The minimum Gasteiger partial charge on any atom is -0.298 e. The molecule has 1 aromatic heterocycles. The van der Waals surface area contributed by atoms with Crippen LogP contribution in [0.4, 0.5) is 0 Å². The van der Waals surface area contributed by atoms with Crippen molar-refractivity contribution in [2.45, 2.75) is 6.92 Å². The Morgan fingerprint density at radius 2 is 1.70 bits per heavy atom. The summed E-state index contributed by atoms with van der Waals surface area (Å²) >= 11 is 1.53. The van der Waals surface area contributed by atoms with Crippen molar-refractivity contribution in [3.63, 3.8) is 0 Å². The lowest BCUT2D eigenvalue weighted by Crippen LogP contribution is -2.13. The Morgan fingerprint density at radius 1 is 1.00 bits per heavy atom. The van der Waals surface area contributed by atoms with Crippen LogP contribution in [0.5, 0.6) is 0 Å². The Balaban J connectivity index is 1.98. The fourth-order valence-electron chi connectivity index (χ4n) is 2.23. The van der Waals surface area contributed by atoms with Crippen LogP contribution in [0.25, 0.3) is 5.69 Å². The molecule has 0 aliphatic heterocycles. The highest BCUT2D eigenvalue weighted by atomic mass is 32.1. The molecule has 0 aliphatic rings. The quantitative estimate of drug-likeness (QED) is 0.411. The van der Waals surface area contributed by atoms with Crippen LogP contribution in [0.15, 0.2) is 70.2 Å². The molecule has 0 atom stereocenters. The Morgan fingerprint density at radius 3 is 2.43 bits per heavy atom. The second kappa shape index (κ2) is 6.98. The Labute approximate surface area is 138 Å². The van der Waals surface area contributed by atoms with Crippen LogP contribution >= 0.6 is 11.3 Å². The molecule has 4 nitrogen and oxygen atoms in total. The number of carbonyl (C=O) groups excluding carboxylic acids is 1. The van der Waals surface area contributed by atoms with E-state index in [9.17, 15) is 4.79 Å². The van der Waals surface area contributed by atoms with Gasteiger partial charge in [0.25, 0.3) is 0 Å². The summed E-state index contributed by atoms with van der Waals surface area (Å²) in [6.07, 6.45) is 2.43. The molecule has 0 aliphatic carbocycles. The molecule has 0 N–H and O–H groups in total. The van der Waals surface area contributed by atoms with Gasteiger partial charge in [0.05, 0.1) is 6.21 Å². The number of hydrogen-bond donors (Lipinski definition) is 0. The van der Waals surface area contributed by atoms with Crippen LogP contribution in [0.3, 0.4) is 0 Å². The maximum atomic E-state index is 11.0. The number of thiazole rings is 1. The van der Waals surface area contributed by atoms with Crippen molar-refractivity contribution in [1.29, 1.82) is 0 Å². The molecule has 3 rings (SSSR count). The predicted octanol–water partition coefficient (Wildman–Crippen LogP) is 3.59. The maximum absolute atomic E-state index is 11.0. The highest BCUT2D eigenvalue weighted by molar-refractivity contribution is 7.07. The first-order valence-corrected chi connectivity index (χ1v) is 8.01. The van der Waals surface area contributed by atoms with Gasteiger partial charge in [-0.3, -0.25) is 9.36 Å². The van der Waals surface area contributed by atoms with Crippen LogP contribution < -0.4 is 4.80 Å². The molecule has 0 spiro atoms. The lowest BCUT2D eigenvalue weighted by Gasteiger charge is -2.04. The zero-order chi connectivity index (χ0) is 16.1. The number of aldehydes is 1. The third-order valence-corrected chi connectivity index (χ3v) is 4.29. The first kappa shape index (κ1) is 15.1. The van der Waals surface area contributed by atoms with Crippen molar-refractivity contribution < 1.29 is 4.79 Å². The standard InChI is InChI=1S/C18H15N3OS/c1-14-13-23-18(21(14)17-9-3-2-4-10-17)20-19-11-15-7-5-6-8-16(15)12-22/h2-13H,1H3/b19-11+,20-18+. The third kappa shape index (κ3) is 3.35. The van der Waals surface area contributed by atoms with Gasteiger partial charge in [0.15, 0.2) is 6.29 Å². The van der Waals surface area contributed by atoms with Crippen molar-refractivity contribution >= 4 is 23.8 Å². The minimum absolute atomic E-state index is 0.602. The third-order valence-electron chi connectivity index (χ3n) is 3.36. The van der Waals surface area contributed by atoms with Crippen molar-refractivity contribution in [2.24, 2.45) is 10.2 Å². The van der Waals surface area contributed by atoms with Crippen LogP contribution in [-0.2, 0) is 0 Å². The van der Waals surface area contributed by atoms with Gasteiger partial charge < -0.3 is 0 Å². The number of benzene rings is 2. The number of nitrogens with zero attached hydrogens (tertiary/aromatic N) is 3. The summed E-state index contributed by atoms with van der Waals surface area (Å²) in [4.78, 5) is 11.8. The van der Waals surface area contributed by atoms with Crippen molar-refractivity contribution in [3.8, 4) is 5.69 Å². The fourth-order valence-corrected chi connectivity index (χ4v) is 3.06. The first-order chi connectivity index (χ1) is 11.3. The smallest absolute Gasteiger partial charge is 0.215 e. The van der Waals surface area contributed by atoms with E-state index >= 15 is 0 Å². The van der Waals surface area contributed by atoms with Crippen LogP contribution in [0.2, 0.25) is 0 Å². The monoisotopic (exact) mass is 321 g/mol. The van der Waals surface area contributed by atoms with E-state index in [0.29, 0.717) is 5.56 Å². The average Bonchev–Trinajstić information content (AvgIpc) is 2.97. The molecule has 0 saturated heterocycles. The Hall–Kier alpha value is -2.79. The van der Waals surface area contributed by atoms with Crippen molar-refractivity contribution in [1.82, 2.24) is 4.57 Å². The van der Waals surface area contributed by atoms with Crippen molar-refractivity contribution in [2.75, 3.05) is 0 Å². The number of rotatable bonds is 4. The molecule has 114 valence electrons. The van der Waals surface area contributed by atoms with Gasteiger partial charge >= 0.3 is 0 Å². The molecule has 23 heavy (non-hydrogen) atoms. The topological polar surface area (TPSA) is 46.7 Å². The van der Waals surface area contributed by atoms with Gasteiger partial charge in [-0.1, -0.05) is 42.5 Å². The summed E-state index contributed by atoms with van der Waals surface area (Å²) in [7, 11) is 0. The fraction of sp³-hybridized carbons (Fsp3) is 0.0556. The number of aromatic nitrogens is 1. The second-order valence-electron chi connectivity index (χ2n) is 4.92. The highest BCUT2D eigenvalue weighted by Gasteiger charge is 2.03. The second-order valence-corrected chi connectivity index (χ2v) is 5.76. The van der Waals surface area contributed by atoms with E-state index in [2.05, 4.69) is 10.2 Å². The molecule has 3 aromatic rings. The molecular weight excluding hydrogens is 306 g/mol. The molecule has 0 amide bonds. The van der Waals surface area contributed by atoms with Gasteiger partial charge in [-0.25, -0.2) is 0 Å². The van der Waals surface area contributed by atoms with E-state index in [1.807, 2.05) is 65.4 Å². The van der Waals surface area contributed by atoms with Gasteiger partial charge in [-0.15, -0.1) is 16.4 Å². The van der Waals surface area contributed by atoms with E-state index in [-0.39, 0.29) is 0 Å². The minimum atomic E-state index is 0.602. The average molecular weight is 321 g/mol. The lowest BCUT2D eigenvalue weighted by molar-refractivity contribution is 0.112. The number of para-hydroxylation sites is 1. The SMILES string of the molecule is Cc1cs/c(=N/N=C/c2ccccc2C=O)n1-c1ccccc1. The molecule has 0 unspecified atom stereocenters. The van der Waals surface area contributed by atoms with Crippen molar-refractivity contribution in [3.05, 3.63) is 81.6 Å². The summed E-state index contributed by atoms with van der Waals surface area (Å²) in [5.41, 5.74) is 3.51. The molecular formula is C18H15N3OS. The van der Waals surface area contributed by atoms with E-state index < -0.39 is 0 Å². The zero-order valence-corrected chi connectivity index (χ0v) is 13.4. The summed E-state index contributed by atoms with van der Waals surface area (Å²) in [6.45, 7) is 2.04. The molecule has 0 radical (unpaired) electrons. The highest BCUT2D eigenvalue weighted by Crippen LogP contribution is 2.10. The van der Waals surface area contributed by atoms with Crippen LogP contribution in [-0.4, -0.2) is 17.1 Å². The Bertz CT molecular complexity index is 907. The number of hydrogen-bond acceptors (Lipinski definition) is 4. The van der Waals surface area contributed by atoms with Gasteiger partial charge in [-0.05, 0) is 19.1 Å². The van der Waals surface area contributed by atoms with E-state index in [1.54, 1.807) is 12.3 Å². The normalized spacial score (nSPS) is 12.0. The lowest BCUT2D eigenvalue weighted by atomic mass is 10.1. The summed E-state index contributed by atoms with van der Waals surface area (Å²) in [5, 5.41) is 10.5. The molecule has 1 heterocycles. The van der Waals surface area contributed by atoms with Crippen LogP contribution in [0, 0.1) is 6.92 Å². The zero-order valence-electron chi connectivity index (χ0n) is 12.6. The summed E-state index contributed by atoms with van der Waals surface area (Å²) < 4.78 is 2.05. The summed E-state index contributed by atoms with van der Waals surface area (Å²) in [6, 6.07) is 17.3. The molecule has 5 heteroatoms. The van der Waals surface area contributed by atoms with E-state index in [1.165, 1.54) is 11.3 Å². The van der Waals surface area contributed by atoms with Gasteiger partial charge in [0.1, 0.15) is 0 Å². The predicted molar refractivity (Wildman–Crippen MR) is 93.4 cm³/mol. The summed E-state index contributed by atoms with van der Waals surface area (Å²) in [5.74, 6) is 0. The van der Waals surface area contributed by atoms with Gasteiger partial charge in [-0.2, -0.15) is 5.10 Å². The van der Waals surface area contributed by atoms with Gasteiger partial charge in [0, 0.05) is 27.9 Å². The van der Waals surface area contributed by atoms with Gasteiger partial charge in [0.2, 0.25) is 4.80 Å². The largest absolute Gasteiger partial charge is 0.298 e. The molecule has 0 saturated carbocycles. The number of carbonyl (C=O) groups is 1.